The Bertz CT molecular complexity index is 795. The van der Waals surface area contributed by atoms with E-state index in [1.165, 1.54) is 12.1 Å². The maximum Gasteiger partial charge on any atom is 0.418 e. The molecule has 1 N–H and O–H groups in total. The van der Waals surface area contributed by atoms with Crippen LogP contribution in [0.1, 0.15) is 24.2 Å². The first-order valence-corrected chi connectivity index (χ1v) is 7.76. The number of alkyl halides is 3. The third-order valence-electron chi connectivity index (χ3n) is 4.02. The first kappa shape index (κ1) is 17.6. The Morgan fingerprint density at radius 3 is 2.84 bits per heavy atom. The number of tetrazole rings is 1. The highest BCUT2D eigenvalue weighted by atomic mass is 35.5. The maximum atomic E-state index is 13.3. The minimum absolute atomic E-state index is 0.0316. The lowest BCUT2D eigenvalue weighted by Gasteiger charge is -2.20. The van der Waals surface area contributed by atoms with Gasteiger partial charge in [0.05, 0.1) is 17.8 Å². The number of halogens is 4. The molecular weight excluding hydrogens is 363 g/mol. The molecule has 0 aliphatic carbocycles. The molecule has 0 radical (unpaired) electrons. The lowest BCUT2D eigenvalue weighted by atomic mass is 10.1. The molecule has 134 valence electrons. The highest BCUT2D eigenvalue weighted by Gasteiger charge is 2.36. The van der Waals surface area contributed by atoms with Crippen molar-refractivity contribution in [3.63, 3.8) is 0 Å². The second-order valence-corrected chi connectivity index (χ2v) is 6.07. The summed E-state index contributed by atoms with van der Waals surface area (Å²) in [5.41, 5.74) is -1.23. The summed E-state index contributed by atoms with van der Waals surface area (Å²) in [6.45, 7) is 0.542. The predicted molar refractivity (Wildman–Crippen MR) is 80.2 cm³/mol. The van der Waals surface area contributed by atoms with Crippen molar-refractivity contribution in [3.05, 3.63) is 34.6 Å². The Balaban J connectivity index is 1.97. The highest BCUT2D eigenvalue weighted by molar-refractivity contribution is 6.30. The molecule has 1 unspecified atom stereocenters. The molecule has 0 bridgehead atoms. The fourth-order valence-corrected chi connectivity index (χ4v) is 3.06. The number of aliphatic carboxylic acids is 1. The third kappa shape index (κ3) is 3.59. The highest BCUT2D eigenvalue weighted by Crippen LogP contribution is 2.35. The molecule has 0 spiro atoms. The van der Waals surface area contributed by atoms with E-state index in [4.69, 9.17) is 11.6 Å². The number of benzene rings is 1. The van der Waals surface area contributed by atoms with Gasteiger partial charge in [-0.25, -0.2) is 0 Å². The van der Waals surface area contributed by atoms with Crippen molar-refractivity contribution in [1.29, 1.82) is 0 Å². The average molecular weight is 376 g/mol. The van der Waals surface area contributed by atoms with Crippen molar-refractivity contribution < 1.29 is 23.1 Å². The molecule has 3 rings (SSSR count). The standard InChI is InChI=1S/C14H13ClF3N5O2/c15-8-3-4-10(9(6-8)14(16,17)18)23-12(19-20-21-23)7-22-5-1-2-11(22)13(24)25/h3-4,6,11H,1-2,5,7H2,(H,24,25). The van der Waals surface area contributed by atoms with Gasteiger partial charge in [-0.2, -0.15) is 17.9 Å². The monoisotopic (exact) mass is 375 g/mol. The molecular formula is C14H13ClF3N5O2. The van der Waals surface area contributed by atoms with Crippen molar-refractivity contribution in [3.8, 4) is 5.69 Å². The van der Waals surface area contributed by atoms with Crippen LogP contribution in [0.25, 0.3) is 5.69 Å². The van der Waals surface area contributed by atoms with Gasteiger partial charge >= 0.3 is 12.1 Å². The van der Waals surface area contributed by atoms with Gasteiger partial charge in [-0.3, -0.25) is 9.69 Å². The van der Waals surface area contributed by atoms with Crippen molar-refractivity contribution >= 4 is 17.6 Å². The van der Waals surface area contributed by atoms with E-state index >= 15 is 0 Å². The van der Waals surface area contributed by atoms with Crippen LogP contribution in [0.3, 0.4) is 0 Å². The van der Waals surface area contributed by atoms with Gasteiger partial charge in [-0.05, 0) is 48.0 Å². The van der Waals surface area contributed by atoms with Crippen molar-refractivity contribution in [1.82, 2.24) is 25.1 Å². The average Bonchev–Trinajstić information content (AvgIpc) is 3.16. The van der Waals surface area contributed by atoms with Gasteiger partial charge in [-0.15, -0.1) is 5.10 Å². The van der Waals surface area contributed by atoms with Gasteiger partial charge in [0, 0.05) is 5.02 Å². The van der Waals surface area contributed by atoms with Gasteiger partial charge in [0.15, 0.2) is 5.82 Å². The number of likely N-dealkylation sites (tertiary alicyclic amines) is 1. The Labute approximate surface area is 145 Å². The molecule has 2 aromatic rings. The second-order valence-electron chi connectivity index (χ2n) is 5.63. The van der Waals surface area contributed by atoms with Gasteiger partial charge in [0.25, 0.3) is 0 Å². The zero-order valence-electron chi connectivity index (χ0n) is 12.7. The van der Waals surface area contributed by atoms with Crippen LogP contribution in [-0.2, 0) is 17.5 Å². The number of rotatable bonds is 4. The molecule has 25 heavy (non-hydrogen) atoms. The van der Waals surface area contributed by atoms with E-state index in [0.717, 1.165) is 10.7 Å². The largest absolute Gasteiger partial charge is 0.480 e. The van der Waals surface area contributed by atoms with Crippen molar-refractivity contribution in [2.45, 2.75) is 31.6 Å². The Morgan fingerprint density at radius 2 is 2.16 bits per heavy atom. The quantitative estimate of drug-likeness (QED) is 0.883. The number of carboxylic acids is 1. The molecule has 2 heterocycles. The van der Waals surface area contributed by atoms with E-state index in [-0.39, 0.29) is 23.1 Å². The minimum atomic E-state index is -4.64. The van der Waals surface area contributed by atoms with Crippen LogP contribution in [0.5, 0.6) is 0 Å². The molecule has 11 heteroatoms. The fourth-order valence-electron chi connectivity index (χ4n) is 2.89. The van der Waals surface area contributed by atoms with E-state index < -0.39 is 23.8 Å². The predicted octanol–water partition coefficient (Wildman–Crippen LogP) is 2.38. The van der Waals surface area contributed by atoms with Gasteiger partial charge < -0.3 is 5.11 Å². The summed E-state index contributed by atoms with van der Waals surface area (Å²) in [5.74, 6) is -0.847. The van der Waals surface area contributed by atoms with Crippen LogP contribution in [0.15, 0.2) is 18.2 Å². The summed E-state index contributed by atoms with van der Waals surface area (Å²) in [6.07, 6.45) is -3.47. The molecule has 7 nitrogen and oxygen atoms in total. The molecule has 1 atom stereocenters. The summed E-state index contributed by atoms with van der Waals surface area (Å²) in [6, 6.07) is 2.60. The molecule has 1 aliphatic heterocycles. The maximum absolute atomic E-state index is 13.3. The first-order valence-electron chi connectivity index (χ1n) is 7.38. The number of hydrogen-bond donors (Lipinski definition) is 1. The Morgan fingerprint density at radius 1 is 1.40 bits per heavy atom. The molecule has 1 aromatic carbocycles. The zero-order chi connectivity index (χ0) is 18.2. The Hall–Kier alpha value is -2.20. The lowest BCUT2D eigenvalue weighted by molar-refractivity contribution is -0.142. The van der Waals surface area contributed by atoms with E-state index in [9.17, 15) is 23.1 Å². The summed E-state index contributed by atoms with van der Waals surface area (Å²) < 4.78 is 40.9. The summed E-state index contributed by atoms with van der Waals surface area (Å²) >= 11 is 5.68. The summed E-state index contributed by atoms with van der Waals surface area (Å²) in [4.78, 5) is 12.9. The molecule has 1 aromatic heterocycles. The first-order chi connectivity index (χ1) is 11.8. The number of aromatic nitrogens is 4. The van der Waals surface area contributed by atoms with E-state index in [2.05, 4.69) is 15.5 Å². The molecule has 1 aliphatic rings. The molecule has 1 fully saturated rings. The smallest absolute Gasteiger partial charge is 0.418 e. The van der Waals surface area contributed by atoms with Crippen LogP contribution in [0, 0.1) is 0 Å². The van der Waals surface area contributed by atoms with Crippen molar-refractivity contribution in [2.75, 3.05) is 6.54 Å². The van der Waals surface area contributed by atoms with Crippen LogP contribution in [-0.4, -0.2) is 48.8 Å². The van der Waals surface area contributed by atoms with Crippen LogP contribution in [0.2, 0.25) is 5.02 Å². The van der Waals surface area contributed by atoms with Gasteiger partial charge in [0.2, 0.25) is 0 Å². The van der Waals surface area contributed by atoms with E-state index in [1.54, 1.807) is 4.90 Å². The fraction of sp³-hybridized carbons (Fsp3) is 0.429. The number of hydrogen-bond acceptors (Lipinski definition) is 5. The van der Waals surface area contributed by atoms with Gasteiger partial charge in [0.1, 0.15) is 6.04 Å². The summed E-state index contributed by atoms with van der Waals surface area (Å²) in [5, 5.41) is 20.0. The SMILES string of the molecule is O=C(O)C1CCCN1Cc1nnnn1-c1ccc(Cl)cc1C(F)(F)F. The number of nitrogens with zero attached hydrogens (tertiary/aromatic N) is 5. The Kier molecular flexibility index (Phi) is 4.65. The van der Waals surface area contributed by atoms with Crippen LogP contribution >= 0.6 is 11.6 Å². The number of carboxylic acid groups (broad SMARTS) is 1. The van der Waals surface area contributed by atoms with E-state index in [0.29, 0.717) is 19.4 Å². The molecule has 0 amide bonds. The lowest BCUT2D eigenvalue weighted by Crippen LogP contribution is -2.36. The minimum Gasteiger partial charge on any atom is -0.480 e. The molecule has 1 saturated heterocycles. The van der Waals surface area contributed by atoms with Gasteiger partial charge in [-0.1, -0.05) is 11.6 Å². The summed E-state index contributed by atoms with van der Waals surface area (Å²) in [7, 11) is 0. The van der Waals surface area contributed by atoms with E-state index in [1.807, 2.05) is 0 Å². The van der Waals surface area contributed by atoms with Crippen LogP contribution in [0.4, 0.5) is 13.2 Å². The normalized spacial score (nSPS) is 18.6. The topological polar surface area (TPSA) is 84.1 Å². The second kappa shape index (κ2) is 6.60. The van der Waals surface area contributed by atoms with Crippen molar-refractivity contribution in [2.24, 2.45) is 0 Å². The zero-order valence-corrected chi connectivity index (χ0v) is 13.5. The third-order valence-corrected chi connectivity index (χ3v) is 4.25. The van der Waals surface area contributed by atoms with Crippen LogP contribution < -0.4 is 0 Å². The number of carbonyl (C=O) groups is 1. The molecule has 0 saturated carbocycles.